The highest BCUT2D eigenvalue weighted by atomic mass is 19.1. The highest BCUT2D eigenvalue weighted by molar-refractivity contribution is 4.93. The van der Waals surface area contributed by atoms with Crippen molar-refractivity contribution in [3.8, 4) is 0 Å². The van der Waals surface area contributed by atoms with Crippen LogP contribution < -0.4 is 0 Å². The quantitative estimate of drug-likeness (QED) is 0.504. The van der Waals surface area contributed by atoms with Gasteiger partial charge in [0.15, 0.2) is 0 Å². The maximum atomic E-state index is 15.2. The van der Waals surface area contributed by atoms with E-state index < -0.39 is 5.67 Å². The Balaban J connectivity index is 2.39. The van der Waals surface area contributed by atoms with Crippen molar-refractivity contribution in [2.75, 3.05) is 13.6 Å². The summed E-state index contributed by atoms with van der Waals surface area (Å²) in [5, 5.41) is 0. The van der Waals surface area contributed by atoms with Gasteiger partial charge in [0.2, 0.25) is 0 Å². The van der Waals surface area contributed by atoms with Crippen LogP contribution in [0.15, 0.2) is 0 Å². The van der Waals surface area contributed by atoms with E-state index in [1.54, 1.807) is 0 Å². The monoisotopic (exact) mass is 315 g/mol. The number of unbranched alkanes of at least 4 members (excludes halogenated alkanes) is 5. The molecule has 0 radical (unpaired) electrons. The summed E-state index contributed by atoms with van der Waals surface area (Å²) >= 11 is 0. The van der Waals surface area contributed by atoms with Gasteiger partial charge in [-0.3, -0.25) is 0 Å². The van der Waals surface area contributed by atoms with E-state index >= 15 is 4.39 Å². The zero-order chi connectivity index (χ0) is 16.6. The summed E-state index contributed by atoms with van der Waals surface area (Å²) in [4.78, 5) is 2.28. The van der Waals surface area contributed by atoms with E-state index in [4.69, 9.17) is 4.74 Å². The molecule has 1 fully saturated rings. The first-order chi connectivity index (χ1) is 10.4. The summed E-state index contributed by atoms with van der Waals surface area (Å²) in [6.45, 7) is 9.28. The molecule has 0 amide bonds. The fourth-order valence-electron chi connectivity index (χ4n) is 3.67. The molecule has 0 saturated carbocycles. The second-order valence-electron chi connectivity index (χ2n) is 7.56. The lowest BCUT2D eigenvalue weighted by atomic mass is 9.82. The van der Waals surface area contributed by atoms with Gasteiger partial charge in [0.05, 0.1) is 12.2 Å². The Kier molecular flexibility index (Phi) is 8.93. The molecule has 0 N–H and O–H groups in total. The Hall–Kier alpha value is -0.150. The largest absolute Gasteiger partial charge is 0.374 e. The first-order valence-corrected chi connectivity index (χ1v) is 9.42. The van der Waals surface area contributed by atoms with Gasteiger partial charge >= 0.3 is 0 Å². The molecule has 1 aliphatic rings. The molecule has 0 spiro atoms. The van der Waals surface area contributed by atoms with Gasteiger partial charge in [-0.2, -0.15) is 0 Å². The minimum atomic E-state index is -0.976. The van der Waals surface area contributed by atoms with Gasteiger partial charge in [-0.05, 0) is 47.1 Å². The number of hydrogen-bond acceptors (Lipinski definition) is 2. The molecule has 3 atom stereocenters. The van der Waals surface area contributed by atoms with Crippen LogP contribution in [-0.4, -0.2) is 42.4 Å². The molecular weight excluding hydrogens is 277 g/mol. The van der Waals surface area contributed by atoms with Crippen molar-refractivity contribution >= 4 is 0 Å². The third-order valence-electron chi connectivity index (χ3n) is 5.06. The second-order valence-corrected chi connectivity index (χ2v) is 7.56. The molecule has 1 saturated heterocycles. The predicted molar refractivity (Wildman–Crippen MR) is 93.2 cm³/mol. The summed E-state index contributed by atoms with van der Waals surface area (Å²) in [6, 6.07) is 0.209. The van der Waals surface area contributed by atoms with Crippen molar-refractivity contribution in [1.29, 1.82) is 0 Å². The second kappa shape index (κ2) is 9.87. The third kappa shape index (κ3) is 6.95. The lowest BCUT2D eigenvalue weighted by Gasteiger charge is -2.43. The van der Waals surface area contributed by atoms with Gasteiger partial charge in [0.1, 0.15) is 5.67 Å². The van der Waals surface area contributed by atoms with Crippen LogP contribution >= 0.6 is 0 Å². The van der Waals surface area contributed by atoms with Gasteiger partial charge in [0.25, 0.3) is 0 Å². The molecule has 1 heterocycles. The minimum absolute atomic E-state index is 0.102. The van der Waals surface area contributed by atoms with Gasteiger partial charge in [0, 0.05) is 12.6 Å². The predicted octanol–water partition coefficient (Wildman–Crippen LogP) is 5.35. The number of likely N-dealkylation sites (tertiary alicyclic amines) is 1. The Morgan fingerprint density at radius 2 is 1.77 bits per heavy atom. The van der Waals surface area contributed by atoms with Crippen LogP contribution in [0.3, 0.4) is 0 Å². The van der Waals surface area contributed by atoms with Crippen LogP contribution in [0.2, 0.25) is 0 Å². The van der Waals surface area contributed by atoms with E-state index in [0.717, 1.165) is 19.4 Å². The highest BCUT2D eigenvalue weighted by Gasteiger charge is 2.40. The maximum absolute atomic E-state index is 15.2. The van der Waals surface area contributed by atoms with Gasteiger partial charge in [-0.15, -0.1) is 0 Å². The summed E-state index contributed by atoms with van der Waals surface area (Å²) in [5.41, 5.74) is -0.976. The van der Waals surface area contributed by atoms with Crippen molar-refractivity contribution < 1.29 is 9.13 Å². The van der Waals surface area contributed by atoms with Gasteiger partial charge < -0.3 is 9.64 Å². The van der Waals surface area contributed by atoms with E-state index in [9.17, 15) is 0 Å². The summed E-state index contributed by atoms with van der Waals surface area (Å²) in [5.74, 6) is 0. The van der Waals surface area contributed by atoms with Crippen molar-refractivity contribution in [3.05, 3.63) is 0 Å². The smallest absolute Gasteiger partial charge is 0.113 e. The number of hydrogen-bond donors (Lipinski definition) is 0. The van der Waals surface area contributed by atoms with Crippen molar-refractivity contribution in [1.82, 2.24) is 4.90 Å². The Morgan fingerprint density at radius 3 is 2.41 bits per heavy atom. The highest BCUT2D eigenvalue weighted by Crippen LogP contribution is 2.36. The van der Waals surface area contributed by atoms with Crippen LogP contribution in [0.1, 0.15) is 85.5 Å². The molecule has 0 bridgehead atoms. The number of likely N-dealkylation sites (N-methyl/N-ethyl adjacent to an activating group) is 1. The molecular formula is C19H38FNO. The number of ether oxygens (including phenoxy) is 1. The number of halogens is 1. The van der Waals surface area contributed by atoms with Crippen LogP contribution in [0.4, 0.5) is 4.39 Å². The average Bonchev–Trinajstić information content (AvgIpc) is 2.45. The first kappa shape index (κ1) is 19.9. The molecule has 0 aromatic carbocycles. The van der Waals surface area contributed by atoms with Crippen LogP contribution in [-0.2, 0) is 4.74 Å². The molecule has 0 aliphatic carbocycles. The standard InChI is InChI=1S/C19H38FNO/c1-6-7-8-9-10-11-12-19(20)13-14-21(5)18(15-19)17(4)22-16(2)3/h16-18H,6-15H2,1-5H3/t17-,18-,19?/m0/s1. The van der Waals surface area contributed by atoms with E-state index in [-0.39, 0.29) is 18.2 Å². The summed E-state index contributed by atoms with van der Waals surface area (Å²) < 4.78 is 21.1. The Morgan fingerprint density at radius 1 is 1.14 bits per heavy atom. The normalized spacial score (nSPS) is 28.2. The third-order valence-corrected chi connectivity index (χ3v) is 5.06. The average molecular weight is 316 g/mol. The molecule has 0 aromatic rings. The van der Waals surface area contributed by atoms with Crippen LogP contribution in [0, 0.1) is 0 Å². The molecule has 0 aromatic heterocycles. The molecule has 22 heavy (non-hydrogen) atoms. The SMILES string of the molecule is CCCCCCCCC1(F)CCN(C)[C@H]([C@H](C)OC(C)C)C1. The summed E-state index contributed by atoms with van der Waals surface area (Å²) in [6.07, 6.45) is 9.74. The number of nitrogens with zero attached hydrogens (tertiary/aromatic N) is 1. The number of alkyl halides is 1. The minimum Gasteiger partial charge on any atom is -0.374 e. The Bertz CT molecular complexity index is 297. The fourth-order valence-corrected chi connectivity index (χ4v) is 3.67. The van der Waals surface area contributed by atoms with E-state index in [2.05, 4.69) is 39.6 Å². The van der Waals surface area contributed by atoms with E-state index in [1.165, 1.54) is 32.1 Å². The maximum Gasteiger partial charge on any atom is 0.113 e. The van der Waals surface area contributed by atoms with Crippen molar-refractivity contribution in [2.24, 2.45) is 0 Å². The molecule has 1 unspecified atom stereocenters. The fraction of sp³-hybridized carbons (Fsp3) is 1.00. The van der Waals surface area contributed by atoms with E-state index in [0.29, 0.717) is 12.8 Å². The van der Waals surface area contributed by atoms with Gasteiger partial charge in [-0.25, -0.2) is 4.39 Å². The Labute approximate surface area is 137 Å². The van der Waals surface area contributed by atoms with Crippen LogP contribution in [0.25, 0.3) is 0 Å². The summed E-state index contributed by atoms with van der Waals surface area (Å²) in [7, 11) is 2.11. The number of rotatable bonds is 10. The molecule has 1 aliphatic heterocycles. The van der Waals surface area contributed by atoms with Gasteiger partial charge in [-0.1, -0.05) is 45.4 Å². The van der Waals surface area contributed by atoms with Crippen molar-refractivity contribution in [3.63, 3.8) is 0 Å². The molecule has 1 rings (SSSR count). The lowest BCUT2D eigenvalue weighted by molar-refractivity contribution is -0.0718. The van der Waals surface area contributed by atoms with Crippen molar-refractivity contribution in [2.45, 2.75) is 109 Å². The molecule has 3 heteroatoms. The van der Waals surface area contributed by atoms with E-state index in [1.807, 2.05) is 0 Å². The lowest BCUT2D eigenvalue weighted by Crippen LogP contribution is -2.52. The zero-order valence-electron chi connectivity index (χ0n) is 15.5. The zero-order valence-corrected chi connectivity index (χ0v) is 15.5. The van der Waals surface area contributed by atoms with Crippen LogP contribution in [0.5, 0.6) is 0 Å². The topological polar surface area (TPSA) is 12.5 Å². The molecule has 132 valence electrons. The molecule has 2 nitrogen and oxygen atoms in total. The first-order valence-electron chi connectivity index (χ1n) is 9.42. The number of piperidine rings is 1.